The third-order valence-electron chi connectivity index (χ3n) is 4.52. The molecular weight excluding hydrogens is 454 g/mol. The number of primary amides is 1. The van der Waals surface area contributed by atoms with Gasteiger partial charge in [-0.25, -0.2) is 0 Å². The minimum Gasteiger partial charge on any atom is -0.464 e. The van der Waals surface area contributed by atoms with Crippen molar-refractivity contribution in [2.24, 2.45) is 5.73 Å². The largest absolute Gasteiger partial charge is 0.464 e. The molecule has 0 radical (unpaired) electrons. The summed E-state index contributed by atoms with van der Waals surface area (Å²) in [5.41, 5.74) is 11.0. The molecule has 1 atom stereocenters. The molecule has 5 N–H and O–H groups in total. The number of ether oxygens (including phenoxy) is 1. The van der Waals surface area contributed by atoms with Gasteiger partial charge in [0.1, 0.15) is 16.4 Å². The lowest BCUT2D eigenvalue weighted by molar-refractivity contribution is -0.126. The minimum atomic E-state index is -1.09. The van der Waals surface area contributed by atoms with E-state index in [-0.39, 0.29) is 29.3 Å². The molecule has 0 unspecified atom stereocenters. The van der Waals surface area contributed by atoms with E-state index >= 15 is 0 Å². The predicted octanol–water partition coefficient (Wildman–Crippen LogP) is 1.93. The molecule has 3 aromatic rings. The molecular formula is C20H23N5O5S2. The van der Waals surface area contributed by atoms with E-state index < -0.39 is 23.8 Å². The third kappa shape index (κ3) is 5.15. The van der Waals surface area contributed by atoms with E-state index in [1.807, 2.05) is 17.5 Å². The lowest BCUT2D eigenvalue weighted by Crippen LogP contribution is -2.44. The molecule has 0 fully saturated rings. The number of hydrogen-bond donors (Lipinski definition) is 3. The van der Waals surface area contributed by atoms with Gasteiger partial charge in [-0.2, -0.15) is 4.37 Å². The number of amides is 3. The Morgan fingerprint density at radius 3 is 2.66 bits per heavy atom. The molecule has 0 aliphatic carbocycles. The van der Waals surface area contributed by atoms with Crippen LogP contribution >= 0.6 is 22.9 Å². The number of nitrogens with two attached hydrogens (primary N) is 2. The van der Waals surface area contributed by atoms with Crippen molar-refractivity contribution in [3.8, 4) is 0 Å². The van der Waals surface area contributed by atoms with Crippen LogP contribution in [0.15, 0.2) is 34.1 Å². The summed E-state index contributed by atoms with van der Waals surface area (Å²) in [5, 5.41) is 4.63. The van der Waals surface area contributed by atoms with Crippen LogP contribution in [0.5, 0.6) is 0 Å². The Hall–Kier alpha value is -3.22. The number of hydrogen-bond acceptors (Lipinski definition) is 9. The lowest BCUT2D eigenvalue weighted by atomic mass is 10.1. The number of thiophene rings is 1. The Morgan fingerprint density at radius 1 is 1.31 bits per heavy atom. The Labute approximate surface area is 192 Å². The van der Waals surface area contributed by atoms with Crippen molar-refractivity contribution in [1.82, 2.24) is 14.6 Å². The van der Waals surface area contributed by atoms with Crippen molar-refractivity contribution in [1.29, 1.82) is 0 Å². The molecule has 32 heavy (non-hydrogen) atoms. The maximum absolute atomic E-state index is 13.6. The number of rotatable bonds is 10. The maximum atomic E-state index is 13.6. The van der Waals surface area contributed by atoms with Crippen LogP contribution in [0.1, 0.15) is 42.6 Å². The zero-order chi connectivity index (χ0) is 23.3. The highest BCUT2D eigenvalue weighted by Crippen LogP contribution is 2.31. The highest BCUT2D eigenvalue weighted by molar-refractivity contribution is 7.10. The van der Waals surface area contributed by atoms with Crippen LogP contribution in [0, 0.1) is 6.92 Å². The van der Waals surface area contributed by atoms with Crippen LogP contribution < -0.4 is 16.8 Å². The molecule has 0 spiro atoms. The topological polar surface area (TPSA) is 154 Å². The van der Waals surface area contributed by atoms with Crippen LogP contribution in [-0.4, -0.2) is 47.3 Å². The van der Waals surface area contributed by atoms with Crippen LogP contribution in [0.25, 0.3) is 0 Å². The first-order valence-electron chi connectivity index (χ1n) is 9.54. The van der Waals surface area contributed by atoms with E-state index in [4.69, 9.17) is 20.6 Å². The fourth-order valence-corrected chi connectivity index (χ4v) is 4.47. The van der Waals surface area contributed by atoms with Gasteiger partial charge in [-0.3, -0.25) is 14.4 Å². The van der Waals surface area contributed by atoms with Gasteiger partial charge in [0.2, 0.25) is 0 Å². The fourth-order valence-electron chi connectivity index (χ4n) is 3.01. The van der Waals surface area contributed by atoms with Gasteiger partial charge in [0.05, 0.1) is 18.8 Å². The van der Waals surface area contributed by atoms with Gasteiger partial charge >= 0.3 is 0 Å². The Morgan fingerprint density at radius 2 is 2.09 bits per heavy atom. The summed E-state index contributed by atoms with van der Waals surface area (Å²) >= 11 is 2.19. The highest BCUT2D eigenvalue weighted by atomic mass is 32.1. The second-order valence-electron chi connectivity index (χ2n) is 6.79. The molecule has 3 rings (SSSR count). The summed E-state index contributed by atoms with van der Waals surface area (Å²) in [7, 11) is 1.52. The van der Waals surface area contributed by atoms with Crippen molar-refractivity contribution in [2.45, 2.75) is 19.5 Å². The van der Waals surface area contributed by atoms with Gasteiger partial charge in [0.15, 0.2) is 11.7 Å². The highest BCUT2D eigenvalue weighted by Gasteiger charge is 2.36. The molecule has 0 aliphatic heterocycles. The van der Waals surface area contributed by atoms with Crippen molar-refractivity contribution in [3.63, 3.8) is 0 Å². The monoisotopic (exact) mass is 477 g/mol. The fraction of sp³-hybridized carbons (Fsp3) is 0.300. The second-order valence-corrected chi connectivity index (χ2v) is 8.59. The Bertz CT molecular complexity index is 1090. The minimum absolute atomic E-state index is 0.0216. The average molecular weight is 478 g/mol. The van der Waals surface area contributed by atoms with Gasteiger partial charge in [0.25, 0.3) is 17.7 Å². The van der Waals surface area contributed by atoms with Crippen molar-refractivity contribution in [2.75, 3.05) is 26.0 Å². The van der Waals surface area contributed by atoms with E-state index in [0.717, 1.165) is 16.4 Å². The molecule has 0 saturated heterocycles. The summed E-state index contributed by atoms with van der Waals surface area (Å²) in [4.78, 5) is 40.6. The zero-order valence-electron chi connectivity index (χ0n) is 17.5. The molecule has 3 heterocycles. The summed E-state index contributed by atoms with van der Waals surface area (Å²) in [6.45, 7) is 2.41. The van der Waals surface area contributed by atoms with E-state index in [1.54, 1.807) is 19.1 Å². The Balaban J connectivity index is 2.04. The normalized spacial score (nSPS) is 11.8. The van der Waals surface area contributed by atoms with Crippen LogP contribution in [0.2, 0.25) is 0 Å². The van der Waals surface area contributed by atoms with Crippen molar-refractivity contribution < 1.29 is 23.5 Å². The predicted molar refractivity (Wildman–Crippen MR) is 120 cm³/mol. The molecule has 3 aromatic heterocycles. The number of furan rings is 1. The number of carbonyl (C=O) groups is 3. The average Bonchev–Trinajstić information content (AvgIpc) is 3.49. The zero-order valence-corrected chi connectivity index (χ0v) is 19.1. The van der Waals surface area contributed by atoms with E-state index in [0.29, 0.717) is 18.1 Å². The number of aryl methyl sites for hydroxylation is 1. The Kier molecular flexibility index (Phi) is 7.62. The van der Waals surface area contributed by atoms with Crippen LogP contribution in [0.3, 0.4) is 0 Å². The van der Waals surface area contributed by atoms with Gasteiger partial charge < -0.3 is 30.8 Å². The van der Waals surface area contributed by atoms with Gasteiger partial charge in [-0.05, 0) is 42.0 Å². The van der Waals surface area contributed by atoms with Crippen LogP contribution in [0.4, 0.5) is 5.69 Å². The summed E-state index contributed by atoms with van der Waals surface area (Å²) in [6.07, 6.45) is 0. The molecule has 10 nitrogen and oxygen atoms in total. The summed E-state index contributed by atoms with van der Waals surface area (Å²) < 4.78 is 14.6. The molecule has 3 amide bonds. The first-order chi connectivity index (χ1) is 15.3. The third-order valence-corrected chi connectivity index (χ3v) is 6.23. The van der Waals surface area contributed by atoms with Gasteiger partial charge in [-0.1, -0.05) is 6.07 Å². The summed E-state index contributed by atoms with van der Waals surface area (Å²) in [5.74, 6) is -0.966. The van der Waals surface area contributed by atoms with Gasteiger partial charge in [0, 0.05) is 18.5 Å². The first kappa shape index (κ1) is 23.4. The van der Waals surface area contributed by atoms with Crippen molar-refractivity contribution >= 4 is 46.3 Å². The molecule has 0 saturated carbocycles. The SMILES string of the molecule is COCCNC(=O)[C@H](c1ccc(C)o1)N(Cc1cccs1)C(=O)c1snc(C(N)=O)c1N. The molecule has 0 aromatic carbocycles. The summed E-state index contributed by atoms with van der Waals surface area (Å²) in [6, 6.07) is 5.97. The quantitative estimate of drug-likeness (QED) is 0.377. The molecule has 0 aliphatic rings. The molecule has 0 bridgehead atoms. The number of carbonyl (C=O) groups excluding carboxylic acids is 3. The number of nitrogens with one attached hydrogen (secondary N) is 1. The lowest BCUT2D eigenvalue weighted by Gasteiger charge is -2.29. The number of aromatic nitrogens is 1. The molecule has 12 heteroatoms. The second kappa shape index (κ2) is 10.4. The number of nitrogens with zero attached hydrogens (tertiary/aromatic N) is 2. The van der Waals surface area contributed by atoms with Crippen LogP contribution in [-0.2, 0) is 16.1 Å². The number of anilines is 1. The maximum Gasteiger partial charge on any atom is 0.270 e. The smallest absolute Gasteiger partial charge is 0.270 e. The first-order valence-corrected chi connectivity index (χ1v) is 11.2. The van der Waals surface area contributed by atoms with Crippen molar-refractivity contribution in [3.05, 3.63) is 56.6 Å². The van der Waals surface area contributed by atoms with E-state index in [9.17, 15) is 14.4 Å². The number of nitrogen functional groups attached to an aromatic ring is 1. The molecule has 170 valence electrons. The number of methoxy groups -OCH3 is 1. The van der Waals surface area contributed by atoms with E-state index in [1.165, 1.54) is 23.3 Å². The van der Waals surface area contributed by atoms with E-state index in [2.05, 4.69) is 9.69 Å². The van der Waals surface area contributed by atoms with Gasteiger partial charge in [-0.15, -0.1) is 11.3 Å². The standard InChI is InChI=1S/C20H23N5O5S2/c1-11-5-6-13(30-11)16(19(27)23-7-8-29-2)25(10-12-4-3-9-31-12)20(28)17-14(21)15(18(22)26)24-32-17/h3-6,9,16H,7-8,10,21H2,1-2H3,(H2,22,26)(H,23,27)/t16-/m0/s1.